The van der Waals surface area contributed by atoms with E-state index >= 15 is 0 Å². The normalized spacial score (nSPS) is 20.0. The maximum atomic E-state index is 12.2. The molecule has 0 atom stereocenters. The Labute approximate surface area is 173 Å². The van der Waals surface area contributed by atoms with Gasteiger partial charge in [-0.2, -0.15) is 0 Å². The van der Waals surface area contributed by atoms with Gasteiger partial charge in [0.25, 0.3) is 0 Å². The highest BCUT2D eigenvalue weighted by molar-refractivity contribution is 7.90. The molecule has 1 amide bonds. The first-order valence-electron chi connectivity index (χ1n) is 10.3. The van der Waals surface area contributed by atoms with Crippen LogP contribution in [0, 0.1) is 11.8 Å². The monoisotopic (exact) mass is 424 g/mol. The fraction of sp³-hybridized carbons (Fsp3) is 0.750. The third-order valence-corrected chi connectivity index (χ3v) is 6.71. The molecule has 0 aromatic carbocycles. The number of aromatic nitrogens is 2. The van der Waals surface area contributed by atoms with Crippen LogP contribution in [0.15, 0.2) is 17.4 Å². The highest BCUT2D eigenvalue weighted by atomic mass is 32.2. The van der Waals surface area contributed by atoms with E-state index in [-0.39, 0.29) is 11.1 Å². The van der Waals surface area contributed by atoms with Crippen LogP contribution < -0.4 is 4.90 Å². The van der Waals surface area contributed by atoms with E-state index in [4.69, 9.17) is 4.74 Å². The van der Waals surface area contributed by atoms with Crippen LogP contribution in [0.5, 0.6) is 0 Å². The molecular formula is C20H32N4O4S. The Morgan fingerprint density at radius 1 is 1.03 bits per heavy atom. The standard InChI is InChI=1S/C20H32N4O4S/c1-20(2,3)28-19(25)24-11-7-16(8-12-24)15-5-9-23(10-6-15)17-13-18(22-14-21-17)29(4,26)27/h13-16H,5-12H2,1-4H3. The fourth-order valence-electron chi connectivity index (χ4n) is 4.19. The van der Waals surface area contributed by atoms with E-state index in [9.17, 15) is 13.2 Å². The maximum absolute atomic E-state index is 12.2. The van der Waals surface area contributed by atoms with Gasteiger partial charge in [0.05, 0.1) is 0 Å². The average Bonchev–Trinajstić information content (AvgIpc) is 2.66. The van der Waals surface area contributed by atoms with Gasteiger partial charge in [0, 0.05) is 38.5 Å². The number of amides is 1. The number of likely N-dealkylation sites (tertiary alicyclic amines) is 1. The number of rotatable bonds is 3. The maximum Gasteiger partial charge on any atom is 0.410 e. The summed E-state index contributed by atoms with van der Waals surface area (Å²) in [6.07, 6.45) is 6.39. The van der Waals surface area contributed by atoms with Gasteiger partial charge in [0.2, 0.25) is 0 Å². The van der Waals surface area contributed by atoms with Crippen molar-refractivity contribution in [3.8, 4) is 0 Å². The molecule has 0 saturated carbocycles. The van der Waals surface area contributed by atoms with Crippen LogP contribution in [-0.2, 0) is 14.6 Å². The lowest BCUT2D eigenvalue weighted by molar-refractivity contribution is 0.0152. The van der Waals surface area contributed by atoms with Crippen molar-refractivity contribution >= 4 is 21.7 Å². The van der Waals surface area contributed by atoms with Gasteiger partial charge >= 0.3 is 6.09 Å². The minimum atomic E-state index is -3.34. The Morgan fingerprint density at radius 3 is 2.10 bits per heavy atom. The number of sulfone groups is 1. The molecular weight excluding hydrogens is 392 g/mol. The van der Waals surface area contributed by atoms with Crippen LogP contribution in [0.25, 0.3) is 0 Å². The summed E-state index contributed by atoms with van der Waals surface area (Å²) in [5.41, 5.74) is -0.460. The van der Waals surface area contributed by atoms with Gasteiger partial charge < -0.3 is 14.5 Å². The number of anilines is 1. The molecule has 2 saturated heterocycles. The summed E-state index contributed by atoms with van der Waals surface area (Å²) in [4.78, 5) is 24.3. The molecule has 2 aliphatic heterocycles. The quantitative estimate of drug-likeness (QED) is 0.689. The first kappa shape index (κ1) is 21.8. The molecule has 3 rings (SSSR count). The highest BCUT2D eigenvalue weighted by Crippen LogP contribution is 2.34. The average molecular weight is 425 g/mol. The van der Waals surface area contributed by atoms with Crippen LogP contribution in [0.3, 0.4) is 0 Å². The lowest BCUT2D eigenvalue weighted by atomic mass is 9.79. The minimum absolute atomic E-state index is 0.0686. The summed E-state index contributed by atoms with van der Waals surface area (Å²) >= 11 is 0. The van der Waals surface area contributed by atoms with Crippen molar-refractivity contribution in [3.05, 3.63) is 12.4 Å². The zero-order chi connectivity index (χ0) is 21.2. The van der Waals surface area contributed by atoms with E-state index in [1.54, 1.807) is 6.07 Å². The van der Waals surface area contributed by atoms with Crippen molar-refractivity contribution in [3.63, 3.8) is 0 Å². The molecule has 0 N–H and O–H groups in total. The zero-order valence-corrected chi connectivity index (χ0v) is 18.6. The minimum Gasteiger partial charge on any atom is -0.444 e. The summed E-state index contributed by atoms with van der Waals surface area (Å²) in [6.45, 7) is 8.90. The Balaban J connectivity index is 1.50. The van der Waals surface area contributed by atoms with Crippen molar-refractivity contribution < 1.29 is 17.9 Å². The lowest BCUT2D eigenvalue weighted by Crippen LogP contribution is -2.44. The summed E-state index contributed by atoms with van der Waals surface area (Å²) in [6, 6.07) is 1.56. The number of ether oxygens (including phenoxy) is 1. The van der Waals surface area contributed by atoms with Crippen LogP contribution in [0.2, 0.25) is 0 Å². The van der Waals surface area contributed by atoms with E-state index in [1.165, 1.54) is 6.33 Å². The molecule has 29 heavy (non-hydrogen) atoms. The van der Waals surface area contributed by atoms with E-state index < -0.39 is 15.4 Å². The van der Waals surface area contributed by atoms with E-state index in [2.05, 4.69) is 14.9 Å². The predicted molar refractivity (Wildman–Crippen MR) is 111 cm³/mol. The molecule has 0 aliphatic carbocycles. The molecule has 3 heterocycles. The zero-order valence-electron chi connectivity index (χ0n) is 17.8. The van der Waals surface area contributed by atoms with E-state index in [0.29, 0.717) is 17.7 Å². The second kappa shape index (κ2) is 8.45. The van der Waals surface area contributed by atoms with E-state index in [0.717, 1.165) is 58.1 Å². The number of piperidine rings is 2. The van der Waals surface area contributed by atoms with Crippen molar-refractivity contribution in [2.24, 2.45) is 11.8 Å². The lowest BCUT2D eigenvalue weighted by Gasteiger charge is -2.40. The number of nitrogens with zero attached hydrogens (tertiary/aromatic N) is 4. The number of hydrogen-bond acceptors (Lipinski definition) is 7. The molecule has 2 aliphatic rings. The van der Waals surface area contributed by atoms with Crippen molar-refractivity contribution in [2.45, 2.75) is 57.1 Å². The molecule has 1 aromatic heterocycles. The summed E-state index contributed by atoms with van der Waals surface area (Å²) in [7, 11) is -3.34. The predicted octanol–water partition coefficient (Wildman–Crippen LogP) is 2.74. The third kappa shape index (κ3) is 5.81. The van der Waals surface area contributed by atoms with Gasteiger partial charge in [0.15, 0.2) is 14.9 Å². The summed E-state index contributed by atoms with van der Waals surface area (Å²) < 4.78 is 28.9. The smallest absolute Gasteiger partial charge is 0.410 e. The number of hydrogen-bond donors (Lipinski definition) is 0. The third-order valence-electron chi connectivity index (χ3n) is 5.73. The molecule has 9 heteroatoms. The highest BCUT2D eigenvalue weighted by Gasteiger charge is 2.32. The van der Waals surface area contributed by atoms with Crippen molar-refractivity contribution in [2.75, 3.05) is 37.3 Å². The SMILES string of the molecule is CC(C)(C)OC(=O)N1CCC(C2CCN(c3cc(S(C)(=O)=O)ncn3)CC2)CC1. The largest absolute Gasteiger partial charge is 0.444 e. The molecule has 8 nitrogen and oxygen atoms in total. The summed E-state index contributed by atoms with van der Waals surface area (Å²) in [5, 5.41) is 0.0686. The van der Waals surface area contributed by atoms with Gasteiger partial charge in [0.1, 0.15) is 17.7 Å². The van der Waals surface area contributed by atoms with Gasteiger partial charge in [-0.25, -0.2) is 23.2 Å². The fourth-order valence-corrected chi connectivity index (χ4v) is 4.74. The van der Waals surface area contributed by atoms with Crippen LogP contribution >= 0.6 is 0 Å². The first-order chi connectivity index (χ1) is 13.5. The second-order valence-electron chi connectivity index (χ2n) is 9.12. The topological polar surface area (TPSA) is 92.7 Å². The Kier molecular flexibility index (Phi) is 6.36. The molecule has 0 radical (unpaired) electrons. The Bertz CT molecular complexity index is 821. The van der Waals surface area contributed by atoms with Crippen LogP contribution in [0.1, 0.15) is 46.5 Å². The molecule has 0 spiro atoms. The van der Waals surface area contributed by atoms with Crippen LogP contribution in [-0.4, -0.2) is 67.4 Å². The van der Waals surface area contributed by atoms with E-state index in [1.807, 2.05) is 25.7 Å². The molecule has 162 valence electrons. The Morgan fingerprint density at radius 2 is 1.59 bits per heavy atom. The molecule has 1 aromatic rings. The first-order valence-corrected chi connectivity index (χ1v) is 12.2. The number of carbonyl (C=O) groups is 1. The Hall–Kier alpha value is -1.90. The second-order valence-corrected chi connectivity index (χ2v) is 11.1. The van der Waals surface area contributed by atoms with Gasteiger partial charge in [-0.3, -0.25) is 0 Å². The number of carbonyl (C=O) groups excluding carboxylic acids is 1. The molecule has 0 unspecified atom stereocenters. The van der Waals surface area contributed by atoms with Gasteiger partial charge in [-0.05, 0) is 58.3 Å². The van der Waals surface area contributed by atoms with Gasteiger partial charge in [-0.1, -0.05) is 0 Å². The van der Waals surface area contributed by atoms with Crippen LogP contribution in [0.4, 0.5) is 10.6 Å². The van der Waals surface area contributed by atoms with Crippen molar-refractivity contribution in [1.82, 2.24) is 14.9 Å². The van der Waals surface area contributed by atoms with Gasteiger partial charge in [-0.15, -0.1) is 0 Å². The summed E-state index contributed by atoms with van der Waals surface area (Å²) in [5.74, 6) is 1.93. The molecule has 2 fully saturated rings. The molecule has 0 bridgehead atoms. The van der Waals surface area contributed by atoms with Crippen molar-refractivity contribution in [1.29, 1.82) is 0 Å².